The van der Waals surface area contributed by atoms with Crippen LogP contribution in [0.5, 0.6) is 0 Å². The molecule has 2 aromatic carbocycles. The van der Waals surface area contributed by atoms with Crippen LogP contribution in [0.2, 0.25) is 0 Å². The van der Waals surface area contributed by atoms with Crippen molar-refractivity contribution in [2.75, 3.05) is 51.3 Å². The molecule has 240 valence electrons. The SMILES string of the molecule is CN(Cc1ccc(C(=N)N)cc1)c1cc(C2CCCN(CC(=O)N3CCOCC3)C2C(F)(F)F)nn1C(=O)c1ccccc1F. The van der Waals surface area contributed by atoms with E-state index in [-0.39, 0.29) is 42.4 Å². The lowest BCUT2D eigenvalue weighted by Gasteiger charge is -2.42. The van der Waals surface area contributed by atoms with Gasteiger partial charge in [-0.1, -0.05) is 36.4 Å². The van der Waals surface area contributed by atoms with Crippen molar-refractivity contribution in [3.63, 3.8) is 0 Å². The topological polar surface area (TPSA) is 121 Å². The number of nitrogens with one attached hydrogen (secondary N) is 1. The number of hydrogen-bond acceptors (Lipinski definition) is 7. The van der Waals surface area contributed by atoms with E-state index in [0.717, 1.165) is 21.2 Å². The number of rotatable bonds is 8. The van der Waals surface area contributed by atoms with E-state index in [1.54, 1.807) is 36.2 Å². The van der Waals surface area contributed by atoms with Crippen LogP contribution in [0.4, 0.5) is 23.4 Å². The van der Waals surface area contributed by atoms with E-state index in [2.05, 4.69) is 5.10 Å². The Morgan fingerprint density at radius 1 is 1.09 bits per heavy atom. The van der Waals surface area contributed by atoms with Crippen LogP contribution in [0.1, 0.15) is 45.9 Å². The van der Waals surface area contributed by atoms with Crippen molar-refractivity contribution in [1.29, 1.82) is 5.41 Å². The number of aromatic nitrogens is 2. The predicted octanol–water partition coefficient (Wildman–Crippen LogP) is 3.60. The number of amides is 1. The van der Waals surface area contributed by atoms with Gasteiger partial charge in [-0.15, -0.1) is 0 Å². The average molecular weight is 630 g/mol. The minimum atomic E-state index is -4.69. The minimum absolute atomic E-state index is 0.0271. The number of ether oxygens (including phenoxy) is 1. The van der Waals surface area contributed by atoms with Gasteiger partial charge >= 0.3 is 6.18 Å². The van der Waals surface area contributed by atoms with Gasteiger partial charge < -0.3 is 20.3 Å². The van der Waals surface area contributed by atoms with E-state index < -0.39 is 42.3 Å². The summed E-state index contributed by atoms with van der Waals surface area (Å²) in [5.41, 5.74) is 6.60. The van der Waals surface area contributed by atoms with Crippen LogP contribution in [0.3, 0.4) is 0 Å². The van der Waals surface area contributed by atoms with Gasteiger partial charge in [-0.2, -0.15) is 23.0 Å². The third kappa shape index (κ3) is 7.17. The molecule has 2 saturated heterocycles. The maximum atomic E-state index is 14.8. The Hall–Kier alpha value is -4.30. The van der Waals surface area contributed by atoms with Crippen molar-refractivity contribution >= 4 is 23.5 Å². The number of nitrogens with zero attached hydrogens (tertiary/aromatic N) is 5. The summed E-state index contributed by atoms with van der Waals surface area (Å²) in [5.74, 6) is -3.10. The molecule has 2 atom stereocenters. The van der Waals surface area contributed by atoms with Crippen molar-refractivity contribution in [2.24, 2.45) is 5.73 Å². The molecule has 3 N–H and O–H groups in total. The molecule has 45 heavy (non-hydrogen) atoms. The molecule has 2 aliphatic heterocycles. The summed E-state index contributed by atoms with van der Waals surface area (Å²) in [6, 6.07) is 11.6. The molecule has 3 aromatic rings. The number of benzene rings is 2. The van der Waals surface area contributed by atoms with Gasteiger partial charge in [0.25, 0.3) is 5.91 Å². The van der Waals surface area contributed by atoms with Gasteiger partial charge in [0.05, 0.1) is 31.0 Å². The number of likely N-dealkylation sites (tertiary alicyclic amines) is 1. The number of nitrogen functional groups attached to an aromatic ring is 1. The van der Waals surface area contributed by atoms with Crippen LogP contribution in [-0.4, -0.2) is 95.9 Å². The molecule has 1 amide bonds. The summed E-state index contributed by atoms with van der Waals surface area (Å²) in [6.07, 6.45) is -4.18. The largest absolute Gasteiger partial charge is 0.404 e. The molecular formula is C31H35F4N7O3. The van der Waals surface area contributed by atoms with Gasteiger partial charge in [0.15, 0.2) is 0 Å². The van der Waals surface area contributed by atoms with Crippen LogP contribution in [0.15, 0.2) is 54.6 Å². The van der Waals surface area contributed by atoms with Gasteiger partial charge in [-0.05, 0) is 37.1 Å². The fourth-order valence-electron chi connectivity index (χ4n) is 5.96. The Kier molecular flexibility index (Phi) is 9.53. The third-order valence-corrected chi connectivity index (χ3v) is 8.23. The van der Waals surface area contributed by atoms with Crippen molar-refractivity contribution < 1.29 is 31.9 Å². The summed E-state index contributed by atoms with van der Waals surface area (Å²) in [4.78, 5) is 30.9. The number of carbonyl (C=O) groups excluding carboxylic acids is 2. The zero-order valence-electron chi connectivity index (χ0n) is 24.8. The lowest BCUT2D eigenvalue weighted by atomic mass is 9.86. The number of amidine groups is 1. The second-order valence-electron chi connectivity index (χ2n) is 11.3. The zero-order chi connectivity index (χ0) is 32.3. The molecule has 2 fully saturated rings. The molecule has 0 aliphatic carbocycles. The number of alkyl halides is 3. The highest BCUT2D eigenvalue weighted by atomic mass is 19.4. The Bertz CT molecular complexity index is 1540. The molecular weight excluding hydrogens is 594 g/mol. The number of hydrogen-bond donors (Lipinski definition) is 2. The molecule has 3 heterocycles. The van der Waals surface area contributed by atoms with E-state index in [1.807, 2.05) is 0 Å². The van der Waals surface area contributed by atoms with Gasteiger partial charge in [0.1, 0.15) is 23.5 Å². The lowest BCUT2D eigenvalue weighted by molar-refractivity contribution is -0.198. The number of morpholine rings is 1. The van der Waals surface area contributed by atoms with Crippen molar-refractivity contribution in [1.82, 2.24) is 19.6 Å². The molecule has 0 saturated carbocycles. The zero-order valence-corrected chi connectivity index (χ0v) is 24.8. The van der Waals surface area contributed by atoms with Gasteiger partial charge in [-0.25, -0.2) is 4.39 Å². The molecule has 1 aromatic heterocycles. The third-order valence-electron chi connectivity index (χ3n) is 8.23. The van der Waals surface area contributed by atoms with E-state index >= 15 is 0 Å². The fraction of sp³-hybridized carbons (Fsp3) is 0.419. The van der Waals surface area contributed by atoms with E-state index in [4.69, 9.17) is 15.9 Å². The van der Waals surface area contributed by atoms with E-state index in [1.165, 1.54) is 29.2 Å². The first-order valence-electron chi connectivity index (χ1n) is 14.6. The first-order chi connectivity index (χ1) is 21.4. The van der Waals surface area contributed by atoms with Crippen LogP contribution in [0, 0.1) is 11.2 Å². The molecule has 2 unspecified atom stereocenters. The van der Waals surface area contributed by atoms with E-state index in [0.29, 0.717) is 38.3 Å². The summed E-state index contributed by atoms with van der Waals surface area (Å²) < 4.78 is 65.2. The number of carbonyl (C=O) groups is 2. The van der Waals surface area contributed by atoms with Gasteiger partial charge in [0, 0.05) is 44.2 Å². The smallest absolute Gasteiger partial charge is 0.384 e. The van der Waals surface area contributed by atoms with Crippen molar-refractivity contribution in [3.05, 3.63) is 82.8 Å². The van der Waals surface area contributed by atoms with Crippen LogP contribution in [0.25, 0.3) is 0 Å². The Labute approximate surface area is 257 Å². The maximum absolute atomic E-state index is 14.8. The summed E-state index contributed by atoms with van der Waals surface area (Å²) in [5, 5.41) is 12.0. The molecule has 14 heteroatoms. The normalized spacial score (nSPS) is 19.4. The standard InChI is InChI=1S/C31H35F4N7O3/c1-39(18-20-8-10-21(11-9-20)29(36)37)26-17-25(38-42(26)30(44)22-5-2-3-7-24(22)32)23-6-4-12-41(28(23)31(33,34)35)19-27(43)40-13-15-45-16-14-40/h2-3,5,7-11,17,23,28H,4,6,12-16,18-19H2,1H3,(H3,36,37). The van der Waals surface area contributed by atoms with Crippen LogP contribution < -0.4 is 10.6 Å². The highest BCUT2D eigenvalue weighted by Gasteiger charge is 2.51. The first kappa shape index (κ1) is 32.1. The summed E-state index contributed by atoms with van der Waals surface area (Å²) >= 11 is 0. The predicted molar refractivity (Wildman–Crippen MR) is 159 cm³/mol. The average Bonchev–Trinajstić information content (AvgIpc) is 3.47. The van der Waals surface area contributed by atoms with Crippen molar-refractivity contribution in [3.8, 4) is 0 Å². The summed E-state index contributed by atoms with van der Waals surface area (Å²) in [6.45, 7) is 1.21. The molecule has 0 radical (unpaired) electrons. The number of halogens is 4. The molecule has 2 aliphatic rings. The molecule has 0 bridgehead atoms. The quantitative estimate of drug-likeness (QED) is 0.222. The van der Waals surface area contributed by atoms with Gasteiger partial charge in [-0.3, -0.25) is 19.9 Å². The monoisotopic (exact) mass is 629 g/mol. The van der Waals surface area contributed by atoms with Crippen LogP contribution in [-0.2, 0) is 16.1 Å². The lowest BCUT2D eigenvalue weighted by Crippen LogP contribution is -2.56. The Balaban J connectivity index is 1.49. The first-order valence-corrected chi connectivity index (χ1v) is 14.6. The highest BCUT2D eigenvalue weighted by Crippen LogP contribution is 2.42. The molecule has 10 nitrogen and oxygen atoms in total. The second-order valence-corrected chi connectivity index (χ2v) is 11.3. The van der Waals surface area contributed by atoms with Crippen LogP contribution >= 0.6 is 0 Å². The minimum Gasteiger partial charge on any atom is -0.384 e. The number of piperidine rings is 1. The highest BCUT2D eigenvalue weighted by molar-refractivity contribution is 5.97. The number of nitrogens with two attached hydrogens (primary N) is 1. The van der Waals surface area contributed by atoms with Gasteiger partial charge in [0.2, 0.25) is 5.91 Å². The Morgan fingerprint density at radius 2 is 1.78 bits per heavy atom. The summed E-state index contributed by atoms with van der Waals surface area (Å²) in [7, 11) is 1.65. The van der Waals surface area contributed by atoms with E-state index in [9.17, 15) is 27.2 Å². The fourth-order valence-corrected chi connectivity index (χ4v) is 5.96. The van der Waals surface area contributed by atoms with Crippen molar-refractivity contribution in [2.45, 2.75) is 37.5 Å². The molecule has 5 rings (SSSR count). The molecule has 0 spiro atoms. The Morgan fingerprint density at radius 3 is 2.42 bits per heavy atom. The number of anilines is 1. The maximum Gasteiger partial charge on any atom is 0.404 e. The second kappa shape index (κ2) is 13.4.